The number of ether oxygens (including phenoxy) is 1. The van der Waals surface area contributed by atoms with Crippen LogP contribution in [0.4, 0.5) is 11.4 Å². The van der Waals surface area contributed by atoms with Crippen LogP contribution < -0.4 is 15.8 Å². The first-order chi connectivity index (χ1) is 17.0. The van der Waals surface area contributed by atoms with Gasteiger partial charge in [0.25, 0.3) is 5.91 Å². The molecule has 0 aliphatic rings. The van der Waals surface area contributed by atoms with Crippen molar-refractivity contribution in [1.29, 1.82) is 0 Å². The molecule has 0 fully saturated rings. The van der Waals surface area contributed by atoms with Crippen LogP contribution in [0.1, 0.15) is 10.4 Å². The van der Waals surface area contributed by atoms with E-state index in [1.807, 2.05) is 0 Å². The topological polar surface area (TPSA) is 145 Å². The van der Waals surface area contributed by atoms with Crippen molar-refractivity contribution in [3.8, 4) is 0 Å². The highest BCUT2D eigenvalue weighted by atomic mass is 35.5. The zero-order valence-electron chi connectivity index (χ0n) is 18.4. The quantitative estimate of drug-likeness (QED) is 0.260. The number of anilines is 2. The van der Waals surface area contributed by atoms with Gasteiger partial charge in [0.05, 0.1) is 16.2 Å². The third-order valence-electron chi connectivity index (χ3n) is 4.39. The maximum atomic E-state index is 12.6. The summed E-state index contributed by atoms with van der Waals surface area (Å²) >= 11 is 13.0. The van der Waals surface area contributed by atoms with E-state index in [0.717, 1.165) is 11.8 Å². The van der Waals surface area contributed by atoms with Crippen LogP contribution in [-0.2, 0) is 24.3 Å². The maximum Gasteiger partial charge on any atom is 0.339 e. The van der Waals surface area contributed by atoms with Crippen molar-refractivity contribution in [1.82, 2.24) is 0 Å². The first-order valence-electron chi connectivity index (χ1n) is 10.1. The lowest BCUT2D eigenvalue weighted by molar-refractivity contribution is -0.119. The minimum atomic E-state index is -3.94. The number of amides is 2. The minimum Gasteiger partial charge on any atom is -0.452 e. The van der Waals surface area contributed by atoms with Crippen LogP contribution in [0.25, 0.3) is 0 Å². The second-order valence-corrected chi connectivity index (χ2v) is 10.6. The molecule has 2 amide bonds. The standard InChI is InChI=1S/C23H19Cl2N3O6S2/c24-14-8-15(25)10-17(9-14)28-22(30)13-35-20-7-2-1-6-19(20)23(31)34-12-21(29)27-16-4-3-5-18(11-16)36(26,32)33/h1-11H,12-13H2,(H,27,29)(H,28,30)(H2,26,32,33). The summed E-state index contributed by atoms with van der Waals surface area (Å²) in [7, 11) is -3.94. The molecule has 0 saturated carbocycles. The van der Waals surface area contributed by atoms with E-state index in [0.29, 0.717) is 20.6 Å². The lowest BCUT2D eigenvalue weighted by atomic mass is 10.2. The zero-order chi connectivity index (χ0) is 26.3. The Morgan fingerprint density at radius 2 is 1.53 bits per heavy atom. The molecule has 0 aliphatic carbocycles. The Labute approximate surface area is 221 Å². The molecule has 0 saturated heterocycles. The number of nitrogens with one attached hydrogen (secondary N) is 2. The Balaban J connectivity index is 1.56. The highest BCUT2D eigenvalue weighted by Gasteiger charge is 2.16. The fourth-order valence-electron chi connectivity index (χ4n) is 2.88. The fraction of sp³-hybridized carbons (Fsp3) is 0.0870. The molecule has 0 aromatic heterocycles. The van der Waals surface area contributed by atoms with Crippen molar-refractivity contribution < 1.29 is 27.5 Å². The van der Waals surface area contributed by atoms with E-state index in [4.69, 9.17) is 33.1 Å². The average Bonchev–Trinajstić information content (AvgIpc) is 2.80. The van der Waals surface area contributed by atoms with Crippen LogP contribution >= 0.6 is 35.0 Å². The van der Waals surface area contributed by atoms with Gasteiger partial charge in [-0.15, -0.1) is 11.8 Å². The number of halogens is 2. The van der Waals surface area contributed by atoms with Crippen molar-refractivity contribution in [2.75, 3.05) is 23.0 Å². The summed E-state index contributed by atoms with van der Waals surface area (Å²) in [6.45, 7) is -0.618. The molecule has 3 aromatic rings. The van der Waals surface area contributed by atoms with Gasteiger partial charge < -0.3 is 15.4 Å². The SMILES string of the molecule is NS(=O)(=O)c1cccc(NC(=O)COC(=O)c2ccccc2SCC(=O)Nc2cc(Cl)cc(Cl)c2)c1. The van der Waals surface area contributed by atoms with Gasteiger partial charge in [-0.2, -0.15) is 0 Å². The molecule has 3 rings (SSSR count). The molecule has 9 nitrogen and oxygen atoms in total. The monoisotopic (exact) mass is 567 g/mol. The summed E-state index contributed by atoms with van der Waals surface area (Å²) in [5.41, 5.74) is 0.780. The average molecular weight is 568 g/mol. The number of hydrogen-bond acceptors (Lipinski definition) is 7. The van der Waals surface area contributed by atoms with Gasteiger partial charge in [0, 0.05) is 26.3 Å². The number of benzene rings is 3. The summed E-state index contributed by atoms with van der Waals surface area (Å²) < 4.78 is 28.0. The Hall–Kier alpha value is -3.09. The van der Waals surface area contributed by atoms with E-state index in [-0.39, 0.29) is 27.8 Å². The Kier molecular flexibility index (Phi) is 9.35. The van der Waals surface area contributed by atoms with Crippen molar-refractivity contribution in [2.24, 2.45) is 5.14 Å². The minimum absolute atomic E-state index is 0.0185. The van der Waals surface area contributed by atoms with Gasteiger partial charge in [-0.1, -0.05) is 41.4 Å². The first kappa shape index (κ1) is 27.5. The van der Waals surface area contributed by atoms with Crippen LogP contribution in [0, 0.1) is 0 Å². The largest absolute Gasteiger partial charge is 0.452 e. The van der Waals surface area contributed by atoms with Crippen molar-refractivity contribution >= 4 is 74.1 Å². The lowest BCUT2D eigenvalue weighted by Gasteiger charge is -2.11. The lowest BCUT2D eigenvalue weighted by Crippen LogP contribution is -2.21. The Bertz CT molecular complexity index is 1400. The fourth-order valence-corrected chi connectivity index (χ4v) is 4.81. The third-order valence-corrected chi connectivity index (χ3v) is 6.81. The van der Waals surface area contributed by atoms with Gasteiger partial charge in [-0.05, 0) is 48.5 Å². The van der Waals surface area contributed by atoms with E-state index in [1.165, 1.54) is 36.4 Å². The number of nitrogens with two attached hydrogens (primary N) is 1. The summed E-state index contributed by atoms with van der Waals surface area (Å²) in [6.07, 6.45) is 0. The maximum absolute atomic E-state index is 12.6. The molecule has 36 heavy (non-hydrogen) atoms. The number of hydrogen-bond donors (Lipinski definition) is 3. The molecular weight excluding hydrogens is 549 g/mol. The van der Waals surface area contributed by atoms with Gasteiger partial charge in [0.2, 0.25) is 15.9 Å². The van der Waals surface area contributed by atoms with Crippen LogP contribution in [-0.4, -0.2) is 38.6 Å². The molecule has 0 radical (unpaired) electrons. The molecule has 0 aliphatic heterocycles. The smallest absolute Gasteiger partial charge is 0.339 e. The Morgan fingerprint density at radius 1 is 0.861 bits per heavy atom. The molecule has 0 heterocycles. The highest BCUT2D eigenvalue weighted by Crippen LogP contribution is 2.25. The number of rotatable bonds is 9. The summed E-state index contributed by atoms with van der Waals surface area (Å²) in [4.78, 5) is 37.4. The van der Waals surface area contributed by atoms with Crippen LogP contribution in [0.2, 0.25) is 10.0 Å². The molecule has 0 atom stereocenters. The number of thioether (sulfide) groups is 1. The van der Waals surface area contributed by atoms with Gasteiger partial charge in [0.15, 0.2) is 6.61 Å². The van der Waals surface area contributed by atoms with Crippen LogP contribution in [0.5, 0.6) is 0 Å². The number of carbonyl (C=O) groups is 3. The molecule has 0 spiro atoms. The zero-order valence-corrected chi connectivity index (χ0v) is 21.5. The summed E-state index contributed by atoms with van der Waals surface area (Å²) in [6, 6.07) is 16.4. The normalized spacial score (nSPS) is 11.0. The predicted molar refractivity (Wildman–Crippen MR) is 139 cm³/mol. The van der Waals surface area contributed by atoms with Crippen LogP contribution in [0.3, 0.4) is 0 Å². The third kappa shape index (κ3) is 8.25. The van der Waals surface area contributed by atoms with Crippen molar-refractivity contribution in [3.05, 3.63) is 82.3 Å². The number of sulfonamides is 1. The molecule has 0 unspecified atom stereocenters. The van der Waals surface area contributed by atoms with Crippen molar-refractivity contribution in [3.63, 3.8) is 0 Å². The van der Waals surface area contributed by atoms with Gasteiger partial charge in [-0.3, -0.25) is 9.59 Å². The number of carbonyl (C=O) groups excluding carboxylic acids is 3. The molecule has 0 bridgehead atoms. The Morgan fingerprint density at radius 3 is 2.22 bits per heavy atom. The number of esters is 1. The summed E-state index contributed by atoms with van der Waals surface area (Å²) in [5.74, 6) is -1.81. The van der Waals surface area contributed by atoms with E-state index in [9.17, 15) is 22.8 Å². The van der Waals surface area contributed by atoms with E-state index < -0.39 is 28.5 Å². The second-order valence-electron chi connectivity index (χ2n) is 7.19. The van der Waals surface area contributed by atoms with Gasteiger partial charge >= 0.3 is 5.97 Å². The van der Waals surface area contributed by atoms with E-state index in [1.54, 1.807) is 30.3 Å². The molecular formula is C23H19Cl2N3O6S2. The first-order valence-corrected chi connectivity index (χ1v) is 13.4. The summed E-state index contributed by atoms with van der Waals surface area (Å²) in [5, 5.41) is 10.9. The highest BCUT2D eigenvalue weighted by molar-refractivity contribution is 8.00. The van der Waals surface area contributed by atoms with Crippen LogP contribution in [0.15, 0.2) is 76.5 Å². The van der Waals surface area contributed by atoms with Crippen molar-refractivity contribution in [2.45, 2.75) is 9.79 Å². The molecule has 13 heteroatoms. The van der Waals surface area contributed by atoms with E-state index >= 15 is 0 Å². The number of primary sulfonamides is 1. The molecule has 3 aromatic carbocycles. The van der Waals surface area contributed by atoms with E-state index in [2.05, 4.69) is 10.6 Å². The van der Waals surface area contributed by atoms with Gasteiger partial charge in [-0.25, -0.2) is 18.4 Å². The molecule has 188 valence electrons. The molecule has 4 N–H and O–H groups in total. The van der Waals surface area contributed by atoms with Gasteiger partial charge in [0.1, 0.15) is 0 Å². The predicted octanol–water partition coefficient (Wildman–Crippen LogP) is 4.17. The second kappa shape index (κ2) is 12.2.